The van der Waals surface area contributed by atoms with Crippen molar-refractivity contribution in [1.82, 2.24) is 4.57 Å². The first-order valence-electron chi connectivity index (χ1n) is 9.69. The summed E-state index contributed by atoms with van der Waals surface area (Å²) in [6.07, 6.45) is 1.77. The minimum Gasteiger partial charge on any atom is -0.469 e. The lowest BCUT2D eigenvalue weighted by atomic mass is 10.1. The van der Waals surface area contributed by atoms with Gasteiger partial charge in [-0.15, -0.1) is 0 Å². The third kappa shape index (κ3) is 4.47. The fraction of sp³-hybridized carbons (Fsp3) is 0.400. The molecule has 1 atom stereocenters. The number of nitrogens with zero attached hydrogens (tertiary/aromatic N) is 2. The van der Waals surface area contributed by atoms with Crippen LogP contribution in [0, 0.1) is 15.9 Å². The van der Waals surface area contributed by atoms with Gasteiger partial charge in [-0.05, 0) is 18.9 Å². The molecule has 176 valence electrons. The van der Waals surface area contributed by atoms with E-state index in [4.69, 9.17) is 0 Å². The van der Waals surface area contributed by atoms with Gasteiger partial charge >= 0.3 is 23.6 Å². The van der Waals surface area contributed by atoms with Crippen molar-refractivity contribution in [1.29, 1.82) is 0 Å². The quantitative estimate of drug-likeness (QED) is 0.263. The number of hydrogen-bond donors (Lipinski definition) is 1. The number of hydrogen-bond acceptors (Lipinski definition) is 10. The van der Waals surface area contributed by atoms with E-state index in [1.807, 2.05) is 0 Å². The Labute approximate surface area is 185 Å². The molecule has 0 bridgehead atoms. The highest BCUT2D eigenvalue weighted by Gasteiger charge is 2.35. The lowest BCUT2D eigenvalue weighted by Crippen LogP contribution is -2.34. The van der Waals surface area contributed by atoms with E-state index in [1.54, 1.807) is 0 Å². The largest absolute Gasteiger partial charge is 0.469 e. The van der Waals surface area contributed by atoms with Crippen molar-refractivity contribution in [3.8, 4) is 0 Å². The molecule has 1 aliphatic rings. The molecule has 0 spiro atoms. The minimum atomic E-state index is -1.51. The molecule has 0 amide bonds. The van der Waals surface area contributed by atoms with E-state index >= 15 is 4.39 Å². The molecule has 12 nitrogen and oxygen atoms in total. The van der Waals surface area contributed by atoms with Crippen molar-refractivity contribution < 1.29 is 37.9 Å². The number of aromatic nitrogens is 1. The van der Waals surface area contributed by atoms with Gasteiger partial charge in [-0.25, -0.2) is 14.0 Å². The van der Waals surface area contributed by atoms with Crippen molar-refractivity contribution in [2.45, 2.75) is 31.3 Å². The first-order valence-corrected chi connectivity index (χ1v) is 9.69. The van der Waals surface area contributed by atoms with E-state index in [-0.39, 0.29) is 11.6 Å². The number of fused-ring (bicyclic) bond motifs is 1. The SMILES string of the molecule is COC(=O)CC(Nc1c(F)cc2c(=O)c(C(=O)OC)cn(C3CC3)c2c1[N+](=O)[O-])C(=O)OC. The number of anilines is 1. The Morgan fingerprint density at radius 2 is 1.91 bits per heavy atom. The van der Waals surface area contributed by atoms with Crippen molar-refractivity contribution >= 4 is 40.2 Å². The van der Waals surface area contributed by atoms with Crippen LogP contribution in [0.5, 0.6) is 0 Å². The Balaban J connectivity index is 2.31. The van der Waals surface area contributed by atoms with Gasteiger partial charge in [-0.2, -0.15) is 0 Å². The van der Waals surface area contributed by atoms with Crippen LogP contribution in [0.15, 0.2) is 17.1 Å². The second-order valence-corrected chi connectivity index (χ2v) is 7.24. The summed E-state index contributed by atoms with van der Waals surface area (Å²) in [5.74, 6) is -4.05. The summed E-state index contributed by atoms with van der Waals surface area (Å²) in [5, 5.41) is 14.0. The average Bonchev–Trinajstić information content (AvgIpc) is 3.63. The molecular weight excluding hydrogens is 445 g/mol. The molecule has 13 heteroatoms. The monoisotopic (exact) mass is 465 g/mol. The molecule has 1 aromatic heterocycles. The second kappa shape index (κ2) is 9.22. The normalized spacial score (nSPS) is 13.8. The molecule has 1 aliphatic carbocycles. The van der Waals surface area contributed by atoms with E-state index in [2.05, 4.69) is 19.5 Å². The number of esters is 3. The fourth-order valence-corrected chi connectivity index (χ4v) is 3.44. The number of rotatable bonds is 8. The molecule has 1 N–H and O–H groups in total. The molecule has 1 heterocycles. The zero-order valence-electron chi connectivity index (χ0n) is 17.9. The van der Waals surface area contributed by atoms with Crippen molar-refractivity contribution in [2.75, 3.05) is 26.6 Å². The molecule has 0 saturated heterocycles. The maximum Gasteiger partial charge on any atom is 0.343 e. The van der Waals surface area contributed by atoms with E-state index < -0.39 is 68.9 Å². The Kier molecular flexibility index (Phi) is 6.60. The van der Waals surface area contributed by atoms with Crippen LogP contribution >= 0.6 is 0 Å². The molecule has 33 heavy (non-hydrogen) atoms. The summed E-state index contributed by atoms with van der Waals surface area (Å²) < 4.78 is 30.2. The molecule has 1 saturated carbocycles. The second-order valence-electron chi connectivity index (χ2n) is 7.24. The first-order chi connectivity index (χ1) is 15.6. The lowest BCUT2D eigenvalue weighted by Gasteiger charge is -2.19. The number of ether oxygens (including phenoxy) is 3. The highest BCUT2D eigenvalue weighted by Crippen LogP contribution is 2.42. The van der Waals surface area contributed by atoms with Crippen molar-refractivity contribution in [3.63, 3.8) is 0 Å². The van der Waals surface area contributed by atoms with Gasteiger partial charge in [-0.1, -0.05) is 0 Å². The third-order valence-corrected chi connectivity index (χ3v) is 5.17. The number of nitro groups is 1. The Morgan fingerprint density at radius 1 is 1.24 bits per heavy atom. The van der Waals surface area contributed by atoms with Crippen molar-refractivity contribution in [2.24, 2.45) is 0 Å². The predicted octanol–water partition coefficient (Wildman–Crippen LogP) is 1.69. The summed E-state index contributed by atoms with van der Waals surface area (Å²) in [6, 6.07) is -1.03. The fourth-order valence-electron chi connectivity index (χ4n) is 3.44. The lowest BCUT2D eigenvalue weighted by molar-refractivity contribution is -0.382. The summed E-state index contributed by atoms with van der Waals surface area (Å²) >= 11 is 0. The predicted molar refractivity (Wildman–Crippen MR) is 110 cm³/mol. The van der Waals surface area contributed by atoms with Gasteiger partial charge in [0.2, 0.25) is 5.43 Å². The number of nitro benzene ring substituents is 1. The van der Waals surface area contributed by atoms with Crippen LogP contribution in [-0.2, 0) is 23.8 Å². The number of benzene rings is 1. The molecule has 0 radical (unpaired) electrons. The van der Waals surface area contributed by atoms with Gasteiger partial charge in [0, 0.05) is 12.2 Å². The zero-order valence-corrected chi connectivity index (χ0v) is 17.9. The average molecular weight is 465 g/mol. The Morgan fingerprint density at radius 3 is 2.42 bits per heavy atom. The van der Waals surface area contributed by atoms with Gasteiger partial charge in [0.25, 0.3) is 0 Å². The molecular formula is C20H20FN3O9. The summed E-state index contributed by atoms with van der Waals surface area (Å²) in [4.78, 5) is 59.9. The van der Waals surface area contributed by atoms with Crippen LogP contribution in [0.2, 0.25) is 0 Å². The number of halogens is 1. The highest BCUT2D eigenvalue weighted by molar-refractivity contribution is 6.00. The molecule has 1 aromatic carbocycles. The van der Waals surface area contributed by atoms with Crippen LogP contribution in [0.4, 0.5) is 15.8 Å². The molecule has 1 fully saturated rings. The number of carbonyl (C=O) groups is 3. The van der Waals surface area contributed by atoms with Crippen LogP contribution in [0.3, 0.4) is 0 Å². The Hall–Kier alpha value is -4.03. The summed E-state index contributed by atoms with van der Waals surface area (Å²) in [5.41, 5.74) is -3.12. The van der Waals surface area contributed by atoms with Crippen LogP contribution in [0.1, 0.15) is 35.7 Å². The topological polar surface area (TPSA) is 156 Å². The maximum atomic E-state index is 15.1. The van der Waals surface area contributed by atoms with Gasteiger partial charge < -0.3 is 24.1 Å². The van der Waals surface area contributed by atoms with Crippen LogP contribution in [0.25, 0.3) is 10.9 Å². The van der Waals surface area contributed by atoms with Gasteiger partial charge in [-0.3, -0.25) is 19.7 Å². The number of carbonyl (C=O) groups excluding carboxylic acids is 3. The van der Waals surface area contributed by atoms with Gasteiger partial charge in [0.1, 0.15) is 17.1 Å². The van der Waals surface area contributed by atoms with E-state index in [9.17, 15) is 29.3 Å². The Bertz CT molecular complexity index is 1220. The van der Waals surface area contributed by atoms with E-state index in [0.29, 0.717) is 12.8 Å². The maximum absolute atomic E-state index is 15.1. The van der Waals surface area contributed by atoms with Gasteiger partial charge in [0.05, 0.1) is 38.1 Å². The number of nitrogens with one attached hydrogen (secondary N) is 1. The third-order valence-electron chi connectivity index (χ3n) is 5.17. The first kappa shape index (κ1) is 23.6. The molecule has 1 unspecified atom stereocenters. The standard InChI is InChI=1S/C20H20FN3O9/c1-31-14(25)7-13(20(28)33-3)22-15-12(21)6-10-16(17(15)24(29)30)23(9-4-5-9)8-11(18(10)26)19(27)32-2/h6,8-9,13,22H,4-5,7H2,1-3H3. The van der Waals surface area contributed by atoms with E-state index in [1.165, 1.54) is 4.57 Å². The highest BCUT2D eigenvalue weighted by atomic mass is 19.1. The minimum absolute atomic E-state index is 0.231. The smallest absolute Gasteiger partial charge is 0.343 e. The number of pyridine rings is 1. The van der Waals surface area contributed by atoms with Crippen LogP contribution < -0.4 is 10.7 Å². The van der Waals surface area contributed by atoms with Gasteiger partial charge in [0.15, 0.2) is 11.5 Å². The number of methoxy groups -OCH3 is 3. The molecule has 3 rings (SSSR count). The van der Waals surface area contributed by atoms with E-state index in [0.717, 1.165) is 33.6 Å². The molecule has 0 aliphatic heterocycles. The summed E-state index contributed by atoms with van der Waals surface area (Å²) in [6.45, 7) is 0. The zero-order chi connectivity index (χ0) is 24.4. The molecule has 2 aromatic rings. The van der Waals surface area contributed by atoms with Crippen LogP contribution in [-0.4, -0.2) is 54.8 Å². The van der Waals surface area contributed by atoms with Crippen molar-refractivity contribution in [3.05, 3.63) is 44.0 Å². The summed E-state index contributed by atoms with van der Waals surface area (Å²) in [7, 11) is 3.17.